The van der Waals surface area contributed by atoms with Gasteiger partial charge in [-0.25, -0.2) is 9.97 Å². The van der Waals surface area contributed by atoms with Crippen LogP contribution in [-0.4, -0.2) is 29.5 Å². The van der Waals surface area contributed by atoms with Crippen molar-refractivity contribution in [3.05, 3.63) is 77.6 Å². The molecule has 0 bridgehead atoms. The molecule has 1 aromatic heterocycles. The first-order valence-electron chi connectivity index (χ1n) is 8.73. The lowest BCUT2D eigenvalue weighted by Crippen LogP contribution is -2.16. The lowest BCUT2D eigenvalue weighted by molar-refractivity contribution is 0.102. The molecule has 6 heteroatoms. The number of anilines is 2. The SMILES string of the molecule is COc1ccc(CCNc2nc(C)cc(C(=O)Nc3ccccc3)n2)cc1. The molecule has 0 spiro atoms. The van der Waals surface area contributed by atoms with Crippen LogP contribution in [0.25, 0.3) is 0 Å². The number of carbonyl (C=O) groups excluding carboxylic acids is 1. The zero-order valence-electron chi connectivity index (χ0n) is 15.4. The van der Waals surface area contributed by atoms with Gasteiger partial charge in [-0.15, -0.1) is 0 Å². The van der Waals surface area contributed by atoms with Crippen LogP contribution >= 0.6 is 0 Å². The van der Waals surface area contributed by atoms with Gasteiger partial charge in [0, 0.05) is 17.9 Å². The molecule has 0 radical (unpaired) electrons. The highest BCUT2D eigenvalue weighted by molar-refractivity contribution is 6.03. The number of para-hydroxylation sites is 1. The molecule has 138 valence electrons. The van der Waals surface area contributed by atoms with Gasteiger partial charge in [0.25, 0.3) is 5.91 Å². The Morgan fingerprint density at radius 1 is 1.04 bits per heavy atom. The first kappa shape index (κ1) is 18.4. The number of carbonyl (C=O) groups is 1. The smallest absolute Gasteiger partial charge is 0.274 e. The number of rotatable bonds is 7. The topological polar surface area (TPSA) is 76.1 Å². The fourth-order valence-electron chi connectivity index (χ4n) is 2.59. The van der Waals surface area contributed by atoms with Crippen LogP contribution in [0.15, 0.2) is 60.7 Å². The summed E-state index contributed by atoms with van der Waals surface area (Å²) in [5.74, 6) is 1.02. The second kappa shape index (κ2) is 8.80. The third-order valence-electron chi connectivity index (χ3n) is 3.97. The van der Waals surface area contributed by atoms with E-state index >= 15 is 0 Å². The van der Waals surface area contributed by atoms with Gasteiger partial charge in [-0.3, -0.25) is 4.79 Å². The summed E-state index contributed by atoms with van der Waals surface area (Å²) in [6, 6.07) is 18.9. The van der Waals surface area contributed by atoms with Crippen LogP contribution in [0.3, 0.4) is 0 Å². The molecule has 3 aromatic rings. The van der Waals surface area contributed by atoms with Crippen molar-refractivity contribution < 1.29 is 9.53 Å². The predicted molar refractivity (Wildman–Crippen MR) is 106 cm³/mol. The van der Waals surface area contributed by atoms with Crippen molar-refractivity contribution in [2.45, 2.75) is 13.3 Å². The number of nitrogens with zero attached hydrogens (tertiary/aromatic N) is 2. The third kappa shape index (κ3) is 5.28. The molecule has 2 N–H and O–H groups in total. The van der Waals surface area contributed by atoms with Crippen LogP contribution in [0.5, 0.6) is 5.75 Å². The Balaban J connectivity index is 1.61. The van der Waals surface area contributed by atoms with Gasteiger partial charge in [0.05, 0.1) is 7.11 Å². The average Bonchev–Trinajstić information content (AvgIpc) is 2.69. The van der Waals surface area contributed by atoms with E-state index in [0.29, 0.717) is 18.2 Å². The van der Waals surface area contributed by atoms with Gasteiger partial charge in [0.2, 0.25) is 5.95 Å². The van der Waals surface area contributed by atoms with Crippen LogP contribution in [0, 0.1) is 6.92 Å². The molecule has 0 atom stereocenters. The van der Waals surface area contributed by atoms with Crippen LogP contribution < -0.4 is 15.4 Å². The van der Waals surface area contributed by atoms with Crippen LogP contribution in [-0.2, 0) is 6.42 Å². The number of amides is 1. The summed E-state index contributed by atoms with van der Waals surface area (Å²) < 4.78 is 5.16. The van der Waals surface area contributed by atoms with E-state index in [1.807, 2.05) is 61.5 Å². The highest BCUT2D eigenvalue weighted by Crippen LogP contribution is 2.13. The zero-order chi connectivity index (χ0) is 19.1. The van der Waals surface area contributed by atoms with Gasteiger partial charge in [-0.2, -0.15) is 0 Å². The number of hydrogen-bond acceptors (Lipinski definition) is 5. The Bertz CT molecular complexity index is 896. The molecule has 2 aromatic carbocycles. The first-order chi connectivity index (χ1) is 13.1. The number of aryl methyl sites for hydroxylation is 1. The number of aromatic nitrogens is 2. The van der Waals surface area contributed by atoms with Gasteiger partial charge in [-0.1, -0.05) is 30.3 Å². The lowest BCUT2D eigenvalue weighted by Gasteiger charge is -2.09. The van der Waals surface area contributed by atoms with E-state index in [9.17, 15) is 4.79 Å². The second-order valence-electron chi connectivity index (χ2n) is 6.06. The number of nitrogens with one attached hydrogen (secondary N) is 2. The molecular formula is C21H22N4O2. The minimum Gasteiger partial charge on any atom is -0.497 e. The first-order valence-corrected chi connectivity index (χ1v) is 8.73. The summed E-state index contributed by atoms with van der Waals surface area (Å²) in [6.45, 7) is 2.51. The van der Waals surface area contributed by atoms with Gasteiger partial charge in [0.1, 0.15) is 11.4 Å². The standard InChI is InChI=1S/C21H22N4O2/c1-15-14-19(20(26)24-17-6-4-3-5-7-17)25-21(23-15)22-13-12-16-8-10-18(27-2)11-9-16/h3-11,14H,12-13H2,1-2H3,(H,24,26)(H,22,23,25). The van der Waals surface area contributed by atoms with E-state index in [0.717, 1.165) is 23.6 Å². The fraction of sp³-hybridized carbons (Fsp3) is 0.190. The van der Waals surface area contributed by atoms with E-state index in [-0.39, 0.29) is 5.91 Å². The highest BCUT2D eigenvalue weighted by atomic mass is 16.5. The Morgan fingerprint density at radius 2 is 1.78 bits per heavy atom. The highest BCUT2D eigenvalue weighted by Gasteiger charge is 2.11. The lowest BCUT2D eigenvalue weighted by atomic mass is 10.1. The molecule has 27 heavy (non-hydrogen) atoms. The monoisotopic (exact) mass is 362 g/mol. The van der Waals surface area contributed by atoms with Gasteiger partial charge in [-0.05, 0) is 49.2 Å². The number of ether oxygens (including phenoxy) is 1. The Morgan fingerprint density at radius 3 is 2.48 bits per heavy atom. The molecular weight excluding hydrogens is 340 g/mol. The predicted octanol–water partition coefficient (Wildman–Crippen LogP) is 3.70. The van der Waals surface area contributed by atoms with Crippen LogP contribution in [0.2, 0.25) is 0 Å². The van der Waals surface area contributed by atoms with Gasteiger partial charge >= 0.3 is 0 Å². The summed E-state index contributed by atoms with van der Waals surface area (Å²) in [7, 11) is 1.65. The summed E-state index contributed by atoms with van der Waals surface area (Å²) in [5, 5.41) is 6.02. The largest absolute Gasteiger partial charge is 0.497 e. The summed E-state index contributed by atoms with van der Waals surface area (Å²) >= 11 is 0. The minimum absolute atomic E-state index is 0.259. The quantitative estimate of drug-likeness (QED) is 0.670. The molecule has 3 rings (SSSR count). The van der Waals surface area contributed by atoms with Crippen LogP contribution in [0.4, 0.5) is 11.6 Å². The van der Waals surface area contributed by atoms with Gasteiger partial charge in [0.15, 0.2) is 0 Å². The third-order valence-corrected chi connectivity index (χ3v) is 3.97. The maximum Gasteiger partial charge on any atom is 0.274 e. The Kier molecular flexibility index (Phi) is 5.99. The Hall–Kier alpha value is -3.41. The Labute approximate surface area is 158 Å². The fourth-order valence-corrected chi connectivity index (χ4v) is 2.59. The van der Waals surface area contributed by atoms with Crippen molar-refractivity contribution in [2.24, 2.45) is 0 Å². The molecule has 0 aliphatic heterocycles. The number of benzene rings is 2. The maximum atomic E-state index is 12.4. The van der Waals surface area contributed by atoms with E-state index in [4.69, 9.17) is 4.74 Å². The van der Waals surface area contributed by atoms with E-state index in [1.165, 1.54) is 5.56 Å². The molecule has 0 unspecified atom stereocenters. The van der Waals surface area contributed by atoms with Gasteiger partial charge < -0.3 is 15.4 Å². The van der Waals surface area contributed by atoms with E-state index < -0.39 is 0 Å². The number of methoxy groups -OCH3 is 1. The van der Waals surface area contributed by atoms with E-state index in [1.54, 1.807) is 13.2 Å². The van der Waals surface area contributed by atoms with E-state index in [2.05, 4.69) is 20.6 Å². The molecule has 0 saturated heterocycles. The molecule has 0 aliphatic carbocycles. The molecule has 0 fully saturated rings. The molecule has 0 saturated carbocycles. The maximum absolute atomic E-state index is 12.4. The molecule has 0 aliphatic rings. The summed E-state index contributed by atoms with van der Waals surface area (Å²) in [4.78, 5) is 21.1. The average molecular weight is 362 g/mol. The van der Waals surface area contributed by atoms with Crippen molar-refractivity contribution in [1.82, 2.24) is 9.97 Å². The van der Waals surface area contributed by atoms with Crippen molar-refractivity contribution in [2.75, 3.05) is 24.3 Å². The van der Waals surface area contributed by atoms with Crippen molar-refractivity contribution in [3.8, 4) is 5.75 Å². The van der Waals surface area contributed by atoms with Crippen molar-refractivity contribution >= 4 is 17.5 Å². The molecule has 1 amide bonds. The summed E-state index contributed by atoms with van der Waals surface area (Å²) in [6.07, 6.45) is 0.812. The van der Waals surface area contributed by atoms with Crippen molar-refractivity contribution in [3.63, 3.8) is 0 Å². The zero-order valence-corrected chi connectivity index (χ0v) is 15.4. The summed E-state index contributed by atoms with van der Waals surface area (Å²) in [5.41, 5.74) is 2.97. The molecule has 6 nitrogen and oxygen atoms in total. The number of hydrogen-bond donors (Lipinski definition) is 2. The molecule has 1 heterocycles. The normalized spacial score (nSPS) is 10.3. The van der Waals surface area contributed by atoms with Crippen molar-refractivity contribution in [1.29, 1.82) is 0 Å². The second-order valence-corrected chi connectivity index (χ2v) is 6.06. The minimum atomic E-state index is -0.259. The van der Waals surface area contributed by atoms with Crippen LogP contribution in [0.1, 0.15) is 21.7 Å².